The molecule has 1 amide bonds. The molecule has 168 valence electrons. The first-order chi connectivity index (χ1) is 15.3. The lowest BCUT2D eigenvalue weighted by Crippen LogP contribution is -2.40. The standard InChI is InChI=1S/C20H21N5O6S/c1-14(26)15-3-2-4-16(11-15)21-20(27)13-31-25-19-12-17(5-6-18(19)22-23-25)32(28,29)24-7-9-30-10-8-24/h2-6,11-12H,7-10,13H2,1H3,(H,21,27). The Bertz CT molecular complexity index is 1270. The van der Waals surface area contributed by atoms with Crippen LogP contribution in [0.2, 0.25) is 0 Å². The van der Waals surface area contributed by atoms with Crippen molar-refractivity contribution in [2.75, 3.05) is 38.2 Å². The van der Waals surface area contributed by atoms with E-state index in [2.05, 4.69) is 15.6 Å². The molecule has 0 bridgehead atoms. The molecule has 1 aliphatic heterocycles. The summed E-state index contributed by atoms with van der Waals surface area (Å²) in [6.07, 6.45) is 0. The Kier molecular flexibility index (Phi) is 6.17. The van der Waals surface area contributed by atoms with Gasteiger partial charge < -0.3 is 14.9 Å². The first-order valence-electron chi connectivity index (χ1n) is 9.82. The maximum absolute atomic E-state index is 12.9. The summed E-state index contributed by atoms with van der Waals surface area (Å²) < 4.78 is 32.4. The van der Waals surface area contributed by atoms with Crippen LogP contribution in [-0.4, -0.2) is 72.5 Å². The van der Waals surface area contributed by atoms with Crippen molar-refractivity contribution in [3.63, 3.8) is 0 Å². The Morgan fingerprint density at radius 1 is 1.16 bits per heavy atom. The quantitative estimate of drug-likeness (QED) is 0.511. The highest BCUT2D eigenvalue weighted by Gasteiger charge is 2.27. The normalized spacial score (nSPS) is 14.9. The predicted octanol–water partition coefficient (Wildman–Crippen LogP) is 0.722. The second kappa shape index (κ2) is 9.02. The molecule has 11 nitrogen and oxygen atoms in total. The summed E-state index contributed by atoms with van der Waals surface area (Å²) in [7, 11) is -3.71. The molecule has 0 atom stereocenters. The zero-order valence-corrected chi connectivity index (χ0v) is 18.0. The molecule has 2 aromatic carbocycles. The van der Waals surface area contributed by atoms with Gasteiger partial charge in [-0.05, 0) is 42.5 Å². The van der Waals surface area contributed by atoms with E-state index in [0.29, 0.717) is 35.5 Å². The van der Waals surface area contributed by atoms with Crippen LogP contribution in [0.4, 0.5) is 5.69 Å². The molecule has 4 rings (SSSR count). The zero-order valence-electron chi connectivity index (χ0n) is 17.2. The number of rotatable bonds is 7. The van der Waals surface area contributed by atoms with Gasteiger partial charge in [-0.1, -0.05) is 17.0 Å². The molecule has 0 saturated carbocycles. The Labute approximate surface area is 183 Å². The van der Waals surface area contributed by atoms with Crippen molar-refractivity contribution in [2.45, 2.75) is 11.8 Å². The Hall–Kier alpha value is -3.35. The summed E-state index contributed by atoms with van der Waals surface area (Å²) in [5.41, 5.74) is 1.65. The highest BCUT2D eigenvalue weighted by molar-refractivity contribution is 7.89. The molecule has 0 spiro atoms. The van der Waals surface area contributed by atoms with Crippen LogP contribution in [-0.2, 0) is 19.6 Å². The SMILES string of the molecule is CC(=O)c1cccc(NC(=O)COn2nnc3ccc(S(=O)(=O)N4CCOCC4)cc32)c1. The molecular formula is C20H21N5O6S. The van der Waals surface area contributed by atoms with Gasteiger partial charge in [0.1, 0.15) is 11.0 Å². The Morgan fingerprint density at radius 2 is 1.94 bits per heavy atom. The number of nitrogens with zero attached hydrogens (tertiary/aromatic N) is 4. The van der Waals surface area contributed by atoms with Crippen molar-refractivity contribution in [1.82, 2.24) is 19.5 Å². The number of Topliss-reactive ketones (excluding diaryl/α,β-unsaturated/α-hetero) is 1. The van der Waals surface area contributed by atoms with Crippen LogP contribution in [0.5, 0.6) is 0 Å². The molecule has 12 heteroatoms. The summed E-state index contributed by atoms with van der Waals surface area (Å²) in [5, 5.41) is 10.4. The average molecular weight is 459 g/mol. The van der Waals surface area contributed by atoms with Crippen LogP contribution in [0, 0.1) is 0 Å². The number of hydrogen-bond donors (Lipinski definition) is 1. The maximum Gasteiger partial charge on any atom is 0.265 e. The molecule has 0 aliphatic carbocycles. The molecule has 3 aromatic rings. The molecule has 2 heterocycles. The smallest absolute Gasteiger partial charge is 0.265 e. The van der Waals surface area contributed by atoms with Gasteiger partial charge in [0.2, 0.25) is 10.0 Å². The third-order valence-corrected chi connectivity index (χ3v) is 6.76. The van der Waals surface area contributed by atoms with Gasteiger partial charge in [-0.2, -0.15) is 4.31 Å². The van der Waals surface area contributed by atoms with Crippen molar-refractivity contribution >= 4 is 38.4 Å². The average Bonchev–Trinajstić information content (AvgIpc) is 3.21. The van der Waals surface area contributed by atoms with Crippen LogP contribution >= 0.6 is 0 Å². The number of ether oxygens (including phenoxy) is 1. The van der Waals surface area contributed by atoms with E-state index in [4.69, 9.17) is 9.57 Å². The number of carbonyl (C=O) groups excluding carboxylic acids is 2. The summed E-state index contributed by atoms with van der Waals surface area (Å²) in [4.78, 5) is 30.2. The number of carbonyl (C=O) groups is 2. The van der Waals surface area contributed by atoms with Crippen molar-refractivity contribution in [3.05, 3.63) is 48.0 Å². The van der Waals surface area contributed by atoms with Crippen molar-refractivity contribution < 1.29 is 27.6 Å². The number of ketones is 1. The molecular weight excluding hydrogens is 438 g/mol. The van der Waals surface area contributed by atoms with Gasteiger partial charge in [-0.25, -0.2) is 8.42 Å². The summed E-state index contributed by atoms with van der Waals surface area (Å²) in [6, 6.07) is 10.9. The topological polar surface area (TPSA) is 133 Å². The number of anilines is 1. The number of benzene rings is 2. The van der Waals surface area contributed by atoms with E-state index in [0.717, 1.165) is 4.85 Å². The highest BCUT2D eigenvalue weighted by atomic mass is 32.2. The lowest BCUT2D eigenvalue weighted by Gasteiger charge is -2.26. The zero-order chi connectivity index (χ0) is 22.7. The van der Waals surface area contributed by atoms with Gasteiger partial charge >= 0.3 is 0 Å². The molecule has 1 aliphatic rings. The molecule has 1 fully saturated rings. The van der Waals surface area contributed by atoms with Crippen LogP contribution in [0.15, 0.2) is 47.4 Å². The fourth-order valence-corrected chi connectivity index (χ4v) is 4.63. The van der Waals surface area contributed by atoms with Gasteiger partial charge in [0.05, 0.1) is 18.1 Å². The lowest BCUT2D eigenvalue weighted by molar-refractivity contribution is -0.121. The van der Waals surface area contributed by atoms with Crippen LogP contribution < -0.4 is 10.2 Å². The number of aromatic nitrogens is 3. The van der Waals surface area contributed by atoms with Crippen molar-refractivity contribution in [3.8, 4) is 0 Å². The minimum Gasteiger partial charge on any atom is -0.385 e. The second-order valence-corrected chi connectivity index (χ2v) is 9.03. The summed E-state index contributed by atoms with van der Waals surface area (Å²) >= 11 is 0. The third-order valence-electron chi connectivity index (χ3n) is 4.87. The minimum absolute atomic E-state index is 0.0737. The minimum atomic E-state index is -3.71. The molecule has 0 radical (unpaired) electrons. The number of sulfonamides is 1. The molecule has 1 N–H and O–H groups in total. The number of hydrogen-bond acceptors (Lipinski definition) is 8. The van der Waals surface area contributed by atoms with Gasteiger partial charge in [0, 0.05) is 24.3 Å². The number of morpholine rings is 1. The van der Waals surface area contributed by atoms with E-state index in [1.54, 1.807) is 24.3 Å². The largest absolute Gasteiger partial charge is 0.385 e. The van der Waals surface area contributed by atoms with Gasteiger partial charge in [-0.3, -0.25) is 9.59 Å². The fourth-order valence-electron chi connectivity index (χ4n) is 3.20. The van der Waals surface area contributed by atoms with Crippen LogP contribution in [0.1, 0.15) is 17.3 Å². The lowest BCUT2D eigenvalue weighted by atomic mass is 10.1. The van der Waals surface area contributed by atoms with Gasteiger partial charge in [0.15, 0.2) is 12.4 Å². The van der Waals surface area contributed by atoms with E-state index >= 15 is 0 Å². The number of fused-ring (bicyclic) bond motifs is 1. The number of amides is 1. The van der Waals surface area contributed by atoms with Gasteiger partial charge in [0.25, 0.3) is 5.91 Å². The van der Waals surface area contributed by atoms with Crippen LogP contribution in [0.3, 0.4) is 0 Å². The van der Waals surface area contributed by atoms with E-state index < -0.39 is 22.5 Å². The second-order valence-electron chi connectivity index (χ2n) is 7.09. The molecule has 1 saturated heterocycles. The first-order valence-corrected chi connectivity index (χ1v) is 11.3. The predicted molar refractivity (Wildman–Crippen MR) is 114 cm³/mol. The monoisotopic (exact) mass is 459 g/mol. The molecule has 0 unspecified atom stereocenters. The molecule has 32 heavy (non-hydrogen) atoms. The first kappa shape index (κ1) is 21.9. The van der Waals surface area contributed by atoms with E-state index in [9.17, 15) is 18.0 Å². The van der Waals surface area contributed by atoms with E-state index in [-0.39, 0.29) is 23.8 Å². The maximum atomic E-state index is 12.9. The van der Waals surface area contributed by atoms with Crippen LogP contribution in [0.25, 0.3) is 11.0 Å². The van der Waals surface area contributed by atoms with E-state index in [1.165, 1.54) is 29.4 Å². The third kappa shape index (κ3) is 4.61. The number of nitrogens with one attached hydrogen (secondary N) is 1. The van der Waals surface area contributed by atoms with Gasteiger partial charge in [-0.15, -0.1) is 5.10 Å². The van der Waals surface area contributed by atoms with Crippen molar-refractivity contribution in [2.24, 2.45) is 0 Å². The fraction of sp³-hybridized carbons (Fsp3) is 0.300. The Balaban J connectivity index is 1.48. The summed E-state index contributed by atoms with van der Waals surface area (Å²) in [6.45, 7) is 2.28. The van der Waals surface area contributed by atoms with E-state index in [1.807, 2.05) is 0 Å². The molecule has 1 aromatic heterocycles. The summed E-state index contributed by atoms with van der Waals surface area (Å²) in [5.74, 6) is -0.597. The van der Waals surface area contributed by atoms with Crippen molar-refractivity contribution in [1.29, 1.82) is 0 Å². The Morgan fingerprint density at radius 3 is 2.69 bits per heavy atom. The highest BCUT2D eigenvalue weighted by Crippen LogP contribution is 2.21.